The summed E-state index contributed by atoms with van der Waals surface area (Å²) in [7, 11) is 0. The van der Waals surface area contributed by atoms with Crippen LogP contribution in [-0.4, -0.2) is 18.6 Å². The molecular formula is C20H26N2O2. The lowest BCUT2D eigenvalue weighted by Gasteiger charge is -2.15. The van der Waals surface area contributed by atoms with Crippen LogP contribution < -0.4 is 15.4 Å². The highest BCUT2D eigenvalue weighted by atomic mass is 16.5. The van der Waals surface area contributed by atoms with Crippen LogP contribution in [0.15, 0.2) is 48.5 Å². The molecule has 128 valence electrons. The standard InChI is InChI=1S/C20H26N2O2/c1-4-16(3)21-13-17-7-5-6-8-19(17)24-14-20(23)22-18-11-9-15(2)10-12-18/h5-12,16,21H,4,13-14H2,1-3H3,(H,22,23)/t16-/m1/s1. The highest BCUT2D eigenvalue weighted by Gasteiger charge is 2.08. The average Bonchev–Trinajstić information content (AvgIpc) is 2.60. The molecule has 2 aromatic rings. The fraction of sp³-hybridized carbons (Fsp3) is 0.350. The molecule has 0 saturated heterocycles. The van der Waals surface area contributed by atoms with Crippen LogP contribution in [0.1, 0.15) is 31.4 Å². The predicted octanol–water partition coefficient (Wildman–Crippen LogP) is 3.90. The summed E-state index contributed by atoms with van der Waals surface area (Å²) in [6, 6.07) is 16.0. The Kier molecular flexibility index (Phi) is 6.82. The summed E-state index contributed by atoms with van der Waals surface area (Å²) in [6.07, 6.45) is 1.07. The zero-order valence-corrected chi connectivity index (χ0v) is 14.6. The van der Waals surface area contributed by atoms with Crippen molar-refractivity contribution in [1.82, 2.24) is 5.32 Å². The van der Waals surface area contributed by atoms with Gasteiger partial charge in [-0.2, -0.15) is 0 Å². The summed E-state index contributed by atoms with van der Waals surface area (Å²) in [6.45, 7) is 7.03. The molecule has 0 fully saturated rings. The number of ether oxygens (including phenoxy) is 1. The topological polar surface area (TPSA) is 50.4 Å². The van der Waals surface area contributed by atoms with Crippen molar-refractivity contribution < 1.29 is 9.53 Å². The number of aryl methyl sites for hydroxylation is 1. The molecule has 0 radical (unpaired) electrons. The lowest BCUT2D eigenvalue weighted by Crippen LogP contribution is -2.25. The number of nitrogens with one attached hydrogen (secondary N) is 2. The van der Waals surface area contributed by atoms with Crippen LogP contribution >= 0.6 is 0 Å². The molecule has 0 unspecified atom stereocenters. The number of hydrogen-bond donors (Lipinski definition) is 2. The Bertz CT molecular complexity index is 653. The third kappa shape index (κ3) is 5.70. The zero-order chi connectivity index (χ0) is 17.4. The first-order valence-corrected chi connectivity index (χ1v) is 8.39. The maximum atomic E-state index is 12.0. The summed E-state index contributed by atoms with van der Waals surface area (Å²) in [5.74, 6) is 0.580. The fourth-order valence-corrected chi connectivity index (χ4v) is 2.20. The largest absolute Gasteiger partial charge is 0.483 e. The number of amides is 1. The van der Waals surface area contributed by atoms with Gasteiger partial charge in [-0.15, -0.1) is 0 Å². The number of benzene rings is 2. The first-order valence-electron chi connectivity index (χ1n) is 8.39. The van der Waals surface area contributed by atoms with Gasteiger partial charge < -0.3 is 15.4 Å². The number of para-hydroxylation sites is 1. The van der Waals surface area contributed by atoms with Gasteiger partial charge in [-0.3, -0.25) is 4.79 Å². The van der Waals surface area contributed by atoms with Crippen molar-refractivity contribution in [2.24, 2.45) is 0 Å². The lowest BCUT2D eigenvalue weighted by molar-refractivity contribution is -0.118. The molecule has 0 heterocycles. The number of carbonyl (C=O) groups is 1. The number of rotatable bonds is 8. The van der Waals surface area contributed by atoms with Crippen LogP contribution in [0.5, 0.6) is 5.75 Å². The van der Waals surface area contributed by atoms with E-state index in [0.717, 1.165) is 35.5 Å². The molecule has 0 saturated carbocycles. The van der Waals surface area contributed by atoms with Crippen molar-refractivity contribution in [3.63, 3.8) is 0 Å². The summed E-state index contributed by atoms with van der Waals surface area (Å²) >= 11 is 0. The second-order valence-corrected chi connectivity index (χ2v) is 6.00. The van der Waals surface area contributed by atoms with Crippen molar-refractivity contribution in [3.8, 4) is 5.75 Å². The van der Waals surface area contributed by atoms with Crippen molar-refractivity contribution >= 4 is 11.6 Å². The summed E-state index contributed by atoms with van der Waals surface area (Å²) in [4.78, 5) is 12.0. The van der Waals surface area contributed by atoms with Gasteiger partial charge in [0.05, 0.1) is 0 Å². The van der Waals surface area contributed by atoms with E-state index in [-0.39, 0.29) is 12.5 Å². The van der Waals surface area contributed by atoms with E-state index in [1.165, 1.54) is 0 Å². The lowest BCUT2D eigenvalue weighted by atomic mass is 10.2. The molecule has 24 heavy (non-hydrogen) atoms. The SMILES string of the molecule is CC[C@@H](C)NCc1ccccc1OCC(=O)Nc1ccc(C)cc1. The highest BCUT2D eigenvalue weighted by molar-refractivity contribution is 5.91. The molecule has 0 spiro atoms. The molecular weight excluding hydrogens is 300 g/mol. The van der Waals surface area contributed by atoms with E-state index in [9.17, 15) is 4.79 Å². The third-order valence-electron chi connectivity index (χ3n) is 3.92. The maximum absolute atomic E-state index is 12.0. The molecule has 0 aliphatic carbocycles. The molecule has 4 nitrogen and oxygen atoms in total. The molecule has 0 aromatic heterocycles. The van der Waals surface area contributed by atoms with Crippen molar-refractivity contribution in [1.29, 1.82) is 0 Å². The van der Waals surface area contributed by atoms with Gasteiger partial charge in [-0.05, 0) is 38.5 Å². The average molecular weight is 326 g/mol. The highest BCUT2D eigenvalue weighted by Crippen LogP contribution is 2.18. The minimum atomic E-state index is -0.163. The van der Waals surface area contributed by atoms with Crippen molar-refractivity contribution in [3.05, 3.63) is 59.7 Å². The Balaban J connectivity index is 1.89. The second-order valence-electron chi connectivity index (χ2n) is 6.00. The van der Waals surface area contributed by atoms with Gasteiger partial charge >= 0.3 is 0 Å². The Morgan fingerprint density at radius 1 is 1.12 bits per heavy atom. The van der Waals surface area contributed by atoms with Gasteiger partial charge in [-0.1, -0.05) is 42.8 Å². The van der Waals surface area contributed by atoms with E-state index in [2.05, 4.69) is 24.5 Å². The van der Waals surface area contributed by atoms with Gasteiger partial charge in [0.25, 0.3) is 5.91 Å². The van der Waals surface area contributed by atoms with E-state index in [1.807, 2.05) is 55.5 Å². The van der Waals surface area contributed by atoms with Crippen LogP contribution in [0.4, 0.5) is 5.69 Å². The summed E-state index contributed by atoms with van der Waals surface area (Å²) in [5.41, 5.74) is 2.99. The number of anilines is 1. The number of carbonyl (C=O) groups excluding carboxylic acids is 1. The quantitative estimate of drug-likeness (QED) is 0.773. The predicted molar refractivity (Wildman–Crippen MR) is 98.3 cm³/mol. The molecule has 1 amide bonds. The van der Waals surface area contributed by atoms with E-state index in [1.54, 1.807) is 0 Å². The van der Waals surface area contributed by atoms with Crippen LogP contribution in [0.2, 0.25) is 0 Å². The molecule has 1 atom stereocenters. The zero-order valence-electron chi connectivity index (χ0n) is 14.6. The summed E-state index contributed by atoms with van der Waals surface area (Å²) < 4.78 is 5.71. The number of hydrogen-bond acceptors (Lipinski definition) is 3. The summed E-state index contributed by atoms with van der Waals surface area (Å²) in [5, 5.41) is 6.28. The molecule has 2 aromatic carbocycles. The van der Waals surface area contributed by atoms with E-state index in [0.29, 0.717) is 6.04 Å². The first kappa shape index (κ1) is 18.0. The molecule has 0 aliphatic heterocycles. The van der Waals surface area contributed by atoms with Gasteiger partial charge in [0, 0.05) is 23.8 Å². The van der Waals surface area contributed by atoms with Crippen LogP contribution in [0.3, 0.4) is 0 Å². The molecule has 2 N–H and O–H groups in total. The van der Waals surface area contributed by atoms with Gasteiger partial charge in [0.2, 0.25) is 0 Å². The molecule has 0 aliphatic rings. The van der Waals surface area contributed by atoms with Gasteiger partial charge in [0.15, 0.2) is 6.61 Å². The van der Waals surface area contributed by atoms with Gasteiger partial charge in [-0.25, -0.2) is 0 Å². The van der Waals surface area contributed by atoms with Crippen molar-refractivity contribution in [2.45, 2.75) is 39.8 Å². The minimum Gasteiger partial charge on any atom is -0.483 e. The smallest absolute Gasteiger partial charge is 0.262 e. The Morgan fingerprint density at radius 3 is 2.54 bits per heavy atom. The van der Waals surface area contributed by atoms with E-state index >= 15 is 0 Å². The maximum Gasteiger partial charge on any atom is 0.262 e. The minimum absolute atomic E-state index is 0.00573. The Hall–Kier alpha value is -2.33. The first-order chi connectivity index (χ1) is 11.6. The van der Waals surface area contributed by atoms with Gasteiger partial charge in [0.1, 0.15) is 5.75 Å². The Morgan fingerprint density at radius 2 is 1.83 bits per heavy atom. The van der Waals surface area contributed by atoms with Crippen molar-refractivity contribution in [2.75, 3.05) is 11.9 Å². The third-order valence-corrected chi connectivity index (χ3v) is 3.92. The monoisotopic (exact) mass is 326 g/mol. The second kappa shape index (κ2) is 9.08. The Labute approximate surface area is 144 Å². The molecule has 0 bridgehead atoms. The molecule has 4 heteroatoms. The van der Waals surface area contributed by atoms with Crippen LogP contribution in [0, 0.1) is 6.92 Å². The van der Waals surface area contributed by atoms with Crippen LogP contribution in [0.25, 0.3) is 0 Å². The fourth-order valence-electron chi connectivity index (χ4n) is 2.20. The normalized spacial score (nSPS) is 11.8. The van der Waals surface area contributed by atoms with E-state index < -0.39 is 0 Å². The van der Waals surface area contributed by atoms with E-state index in [4.69, 9.17) is 4.74 Å². The van der Waals surface area contributed by atoms with Crippen LogP contribution in [-0.2, 0) is 11.3 Å². The molecule has 2 rings (SSSR count).